The monoisotopic (exact) mass is 501 g/mol. The molecule has 33 heavy (non-hydrogen) atoms. The number of carbonyl (C=O) groups excluding carboxylic acids is 1. The normalized spacial score (nSPS) is 20.1. The maximum absolute atomic E-state index is 13.4. The molecule has 5 rings (SSSR count). The molecule has 3 aromatic rings. The molecule has 2 aromatic carbocycles. The lowest BCUT2D eigenvalue weighted by Crippen LogP contribution is -2.43. The third-order valence-corrected chi connectivity index (χ3v) is 9.13. The molecule has 2 unspecified atom stereocenters. The van der Waals surface area contributed by atoms with Crippen molar-refractivity contribution in [2.45, 2.75) is 30.6 Å². The van der Waals surface area contributed by atoms with Gasteiger partial charge in [0.05, 0.1) is 20.9 Å². The van der Waals surface area contributed by atoms with Crippen LogP contribution in [0.5, 0.6) is 0 Å². The number of halogens is 1. The third kappa shape index (κ3) is 4.21. The highest BCUT2D eigenvalue weighted by Crippen LogP contribution is 2.47. The highest BCUT2D eigenvalue weighted by atomic mass is 35.5. The molecule has 2 atom stereocenters. The molecule has 2 fully saturated rings. The first-order valence-corrected chi connectivity index (χ1v) is 13.5. The number of hydrogen-bond acceptors (Lipinski definition) is 5. The van der Waals surface area contributed by atoms with Gasteiger partial charge >= 0.3 is 0 Å². The molecule has 1 amide bonds. The van der Waals surface area contributed by atoms with Crippen molar-refractivity contribution >= 4 is 38.9 Å². The first-order chi connectivity index (χ1) is 15.5. The zero-order valence-corrected chi connectivity index (χ0v) is 20.7. The lowest BCUT2D eigenvalue weighted by atomic mass is 9.92. The van der Waals surface area contributed by atoms with E-state index in [9.17, 15) is 13.2 Å². The van der Waals surface area contributed by atoms with E-state index in [0.717, 1.165) is 39.8 Å². The van der Waals surface area contributed by atoms with Crippen molar-refractivity contribution in [3.05, 3.63) is 58.6 Å². The second-order valence-corrected chi connectivity index (χ2v) is 12.4. The van der Waals surface area contributed by atoms with E-state index in [0.29, 0.717) is 16.9 Å². The molecule has 1 aliphatic carbocycles. The van der Waals surface area contributed by atoms with Crippen LogP contribution in [0.2, 0.25) is 5.02 Å². The minimum absolute atomic E-state index is 0.0483. The number of carbonyl (C=O) groups is 1. The lowest BCUT2D eigenvalue weighted by molar-refractivity contribution is -0.135. The van der Waals surface area contributed by atoms with E-state index in [4.69, 9.17) is 21.7 Å². The highest BCUT2D eigenvalue weighted by molar-refractivity contribution is 7.89. The first-order valence-electron chi connectivity index (χ1n) is 10.7. The summed E-state index contributed by atoms with van der Waals surface area (Å²) in [4.78, 5) is 21.2. The summed E-state index contributed by atoms with van der Waals surface area (Å²) in [6.07, 6.45) is 1.24. The number of aromatic nitrogens is 1. The van der Waals surface area contributed by atoms with Gasteiger partial charge in [0.1, 0.15) is 5.01 Å². The second kappa shape index (κ2) is 7.91. The molecule has 6 nitrogen and oxygen atoms in total. The predicted octanol–water partition coefficient (Wildman–Crippen LogP) is 4.53. The largest absolute Gasteiger partial charge is 0.341 e. The molecule has 2 N–H and O–H groups in total. The van der Waals surface area contributed by atoms with Crippen LogP contribution < -0.4 is 5.14 Å². The molecule has 1 aromatic heterocycles. The summed E-state index contributed by atoms with van der Waals surface area (Å²) >= 11 is 7.55. The van der Waals surface area contributed by atoms with Gasteiger partial charge < -0.3 is 4.90 Å². The second-order valence-electron chi connectivity index (χ2n) is 9.36. The van der Waals surface area contributed by atoms with Gasteiger partial charge in [0.15, 0.2) is 0 Å². The molecule has 2 heterocycles. The summed E-state index contributed by atoms with van der Waals surface area (Å²) in [7, 11) is -3.79. The molecule has 0 spiro atoms. The predicted molar refractivity (Wildman–Crippen MR) is 131 cm³/mol. The van der Waals surface area contributed by atoms with Crippen LogP contribution in [-0.2, 0) is 20.2 Å². The number of hydrogen-bond donors (Lipinski definition) is 1. The van der Waals surface area contributed by atoms with Gasteiger partial charge in [-0.2, -0.15) is 0 Å². The Morgan fingerprint density at radius 2 is 1.64 bits per heavy atom. The van der Waals surface area contributed by atoms with Crippen molar-refractivity contribution in [1.82, 2.24) is 9.88 Å². The maximum atomic E-state index is 13.4. The van der Waals surface area contributed by atoms with Crippen molar-refractivity contribution in [3.63, 3.8) is 0 Å². The quantitative estimate of drug-likeness (QED) is 0.555. The summed E-state index contributed by atoms with van der Waals surface area (Å²) in [6.45, 7) is 5.53. The molecular weight excluding hydrogens is 478 g/mol. The van der Waals surface area contributed by atoms with Gasteiger partial charge in [0.25, 0.3) is 0 Å². The van der Waals surface area contributed by atoms with Gasteiger partial charge in [-0.1, -0.05) is 35.9 Å². The Kier molecular flexibility index (Phi) is 5.40. The van der Waals surface area contributed by atoms with E-state index in [2.05, 4.69) is 0 Å². The van der Waals surface area contributed by atoms with Crippen LogP contribution in [0.3, 0.4) is 0 Å². The molecule has 0 bridgehead atoms. The minimum atomic E-state index is -3.79. The van der Waals surface area contributed by atoms with Crippen molar-refractivity contribution in [3.8, 4) is 21.7 Å². The van der Waals surface area contributed by atoms with Crippen molar-refractivity contribution in [1.29, 1.82) is 0 Å². The van der Waals surface area contributed by atoms with Gasteiger partial charge in [-0.3, -0.25) is 4.79 Å². The highest BCUT2D eigenvalue weighted by Gasteiger charge is 2.49. The zero-order valence-electron chi connectivity index (χ0n) is 18.3. The molecule has 1 saturated carbocycles. The fourth-order valence-corrected chi connectivity index (χ4v) is 6.26. The number of fused-ring (bicyclic) bond motifs is 1. The van der Waals surface area contributed by atoms with Crippen molar-refractivity contribution in [2.75, 3.05) is 13.1 Å². The Hall–Kier alpha value is -2.26. The standard InChI is InChI=1S/C24H24ClN3O3S2/c1-24(2,23(29)28-12-16-11-17(16)13-28)22-27-20(14-3-7-18(25)8-4-14)21(32-22)15-5-9-19(10-6-15)33(26,30)31/h3-10,16-17H,11-13H2,1-2H3,(H2,26,30,31). The molecule has 0 radical (unpaired) electrons. The Bertz CT molecular complexity index is 1320. The average Bonchev–Trinajstić information content (AvgIpc) is 3.18. The summed E-state index contributed by atoms with van der Waals surface area (Å²) in [5.41, 5.74) is 1.64. The first kappa shape index (κ1) is 22.5. The summed E-state index contributed by atoms with van der Waals surface area (Å²) in [6, 6.07) is 13.8. The van der Waals surface area contributed by atoms with E-state index in [1.54, 1.807) is 24.3 Å². The van der Waals surface area contributed by atoms with Gasteiger partial charge in [0, 0.05) is 23.7 Å². The van der Waals surface area contributed by atoms with Crippen LogP contribution in [0.25, 0.3) is 21.7 Å². The molecule has 2 aliphatic rings. The van der Waals surface area contributed by atoms with E-state index >= 15 is 0 Å². The van der Waals surface area contributed by atoms with Crippen molar-refractivity contribution in [2.24, 2.45) is 17.0 Å². The van der Waals surface area contributed by atoms with Crippen LogP contribution in [0.4, 0.5) is 0 Å². The van der Waals surface area contributed by atoms with E-state index in [1.165, 1.54) is 29.9 Å². The van der Waals surface area contributed by atoms with E-state index in [-0.39, 0.29) is 10.8 Å². The average molecular weight is 502 g/mol. The Morgan fingerprint density at radius 1 is 1.06 bits per heavy atom. The van der Waals surface area contributed by atoms with E-state index in [1.807, 2.05) is 30.9 Å². The number of nitrogens with two attached hydrogens (primary N) is 1. The van der Waals surface area contributed by atoms with Gasteiger partial charge in [-0.05, 0) is 61.9 Å². The number of rotatable bonds is 5. The maximum Gasteiger partial charge on any atom is 0.238 e. The number of benzene rings is 2. The Labute approximate surface area is 202 Å². The van der Waals surface area contributed by atoms with Crippen LogP contribution in [0.1, 0.15) is 25.3 Å². The molecule has 172 valence electrons. The summed E-state index contributed by atoms with van der Waals surface area (Å²) < 4.78 is 23.4. The zero-order chi connectivity index (χ0) is 23.5. The lowest BCUT2D eigenvalue weighted by Gasteiger charge is -2.28. The summed E-state index contributed by atoms with van der Waals surface area (Å²) in [5.74, 6) is 1.43. The summed E-state index contributed by atoms with van der Waals surface area (Å²) in [5, 5.41) is 6.60. The molecule has 9 heteroatoms. The molecule has 1 saturated heterocycles. The van der Waals surface area contributed by atoms with Crippen molar-refractivity contribution < 1.29 is 13.2 Å². The fraction of sp³-hybridized carbons (Fsp3) is 0.333. The van der Waals surface area contributed by atoms with Crippen LogP contribution in [-0.4, -0.2) is 37.3 Å². The number of likely N-dealkylation sites (tertiary alicyclic amines) is 1. The number of primary sulfonamides is 1. The SMILES string of the molecule is CC(C)(C(=O)N1CC2CC2C1)c1nc(-c2ccc(Cl)cc2)c(-c2ccc(S(N)(=O)=O)cc2)s1. The topological polar surface area (TPSA) is 93.4 Å². The van der Waals surface area contributed by atoms with Crippen LogP contribution in [0.15, 0.2) is 53.4 Å². The van der Waals surface area contributed by atoms with Gasteiger partial charge in [-0.15, -0.1) is 11.3 Å². The van der Waals surface area contributed by atoms with Crippen LogP contribution in [0, 0.1) is 11.8 Å². The van der Waals surface area contributed by atoms with E-state index < -0.39 is 15.4 Å². The molecular formula is C24H24ClN3O3S2. The third-order valence-electron chi connectivity index (χ3n) is 6.53. The fourth-order valence-electron chi connectivity index (χ4n) is 4.43. The number of sulfonamides is 1. The smallest absolute Gasteiger partial charge is 0.238 e. The molecule has 1 aliphatic heterocycles. The Balaban J connectivity index is 1.57. The number of thiazole rings is 1. The number of amides is 1. The van der Waals surface area contributed by atoms with Crippen LogP contribution >= 0.6 is 22.9 Å². The van der Waals surface area contributed by atoms with Gasteiger partial charge in [-0.25, -0.2) is 18.5 Å². The Morgan fingerprint density at radius 3 is 2.21 bits per heavy atom. The number of piperidine rings is 1. The number of nitrogens with zero attached hydrogens (tertiary/aromatic N) is 2. The minimum Gasteiger partial charge on any atom is -0.341 e. The van der Waals surface area contributed by atoms with Gasteiger partial charge in [0.2, 0.25) is 15.9 Å².